The third kappa shape index (κ3) is 3.68. The molecule has 30 heavy (non-hydrogen) atoms. The van der Waals surface area contributed by atoms with E-state index >= 15 is 0 Å². The molecular formula is C22H23N3O5. The summed E-state index contributed by atoms with van der Waals surface area (Å²) >= 11 is 0. The Kier molecular flexibility index (Phi) is 4.85. The van der Waals surface area contributed by atoms with Gasteiger partial charge in [-0.3, -0.25) is 14.5 Å². The monoisotopic (exact) mass is 409 g/mol. The van der Waals surface area contributed by atoms with E-state index in [0.717, 1.165) is 0 Å². The molecule has 2 N–H and O–H groups in total. The zero-order valence-electron chi connectivity index (χ0n) is 17.0. The van der Waals surface area contributed by atoms with E-state index in [0.29, 0.717) is 29.4 Å². The van der Waals surface area contributed by atoms with Crippen molar-refractivity contribution in [3.63, 3.8) is 0 Å². The highest BCUT2D eigenvalue weighted by molar-refractivity contribution is 6.22. The van der Waals surface area contributed by atoms with E-state index in [9.17, 15) is 14.4 Å². The molecule has 0 aliphatic carbocycles. The molecule has 0 saturated carbocycles. The van der Waals surface area contributed by atoms with Crippen LogP contribution in [0.1, 0.15) is 41.5 Å². The first-order chi connectivity index (χ1) is 14.2. The van der Waals surface area contributed by atoms with Gasteiger partial charge in [-0.05, 0) is 51.1 Å². The molecule has 4 rings (SSSR count). The number of imide groups is 1. The van der Waals surface area contributed by atoms with Crippen molar-refractivity contribution in [1.82, 2.24) is 10.2 Å². The predicted octanol–water partition coefficient (Wildman–Crippen LogP) is 3.04. The molecule has 0 bridgehead atoms. The Bertz CT molecular complexity index is 1030. The summed E-state index contributed by atoms with van der Waals surface area (Å²) in [5, 5.41) is 5.43. The first-order valence-corrected chi connectivity index (χ1v) is 9.70. The fourth-order valence-corrected chi connectivity index (χ4v) is 3.47. The molecule has 4 amide bonds. The van der Waals surface area contributed by atoms with E-state index in [1.807, 2.05) is 24.3 Å². The number of hydrogen-bond acceptors (Lipinski definition) is 5. The zero-order valence-corrected chi connectivity index (χ0v) is 17.0. The molecule has 0 radical (unpaired) electrons. The number of anilines is 1. The Labute approximate surface area is 174 Å². The smallest absolute Gasteiger partial charge is 0.319 e. The molecule has 8 nitrogen and oxygen atoms in total. The first kappa shape index (κ1) is 19.8. The average molecular weight is 409 g/mol. The van der Waals surface area contributed by atoms with Crippen molar-refractivity contribution in [2.45, 2.75) is 32.4 Å². The molecule has 0 fully saturated rings. The van der Waals surface area contributed by atoms with Gasteiger partial charge in [0, 0.05) is 11.2 Å². The number of amides is 4. The van der Waals surface area contributed by atoms with Crippen molar-refractivity contribution in [2.75, 3.05) is 18.5 Å². The van der Waals surface area contributed by atoms with Gasteiger partial charge < -0.3 is 20.1 Å². The molecule has 0 saturated heterocycles. The number of carbonyl (C=O) groups is 3. The maximum atomic E-state index is 12.7. The second-order valence-electron chi connectivity index (χ2n) is 8.21. The minimum atomic E-state index is -0.626. The number of hydrogen-bond donors (Lipinski definition) is 2. The van der Waals surface area contributed by atoms with Crippen LogP contribution in [0.4, 0.5) is 10.5 Å². The van der Waals surface area contributed by atoms with Crippen LogP contribution in [0.2, 0.25) is 0 Å². The molecule has 2 aromatic carbocycles. The molecule has 2 aliphatic rings. The summed E-state index contributed by atoms with van der Waals surface area (Å²) < 4.78 is 11.4. The second kappa shape index (κ2) is 7.37. The number of nitrogens with one attached hydrogen (secondary N) is 2. The van der Waals surface area contributed by atoms with Crippen LogP contribution < -0.4 is 20.1 Å². The molecule has 1 unspecified atom stereocenters. The van der Waals surface area contributed by atoms with Gasteiger partial charge in [0.1, 0.15) is 6.61 Å². The van der Waals surface area contributed by atoms with Crippen LogP contribution in [0, 0.1) is 0 Å². The van der Waals surface area contributed by atoms with Gasteiger partial charge in [0.2, 0.25) is 0 Å². The molecule has 0 aromatic heterocycles. The highest BCUT2D eigenvalue weighted by Gasteiger charge is 2.41. The number of ether oxygens (including phenoxy) is 2. The Morgan fingerprint density at radius 2 is 1.77 bits per heavy atom. The zero-order chi connectivity index (χ0) is 21.5. The Morgan fingerprint density at radius 1 is 1.07 bits per heavy atom. The Hall–Kier alpha value is -3.55. The fraction of sp³-hybridized carbons (Fsp3) is 0.318. The standard InChI is InChI=1S/C22H23N3O5/c1-22(2,3)25-19(26)15-9-8-13(10-16(15)20(25)27)24-21(28)23-11-14-12-29-17-6-4-5-7-18(17)30-14/h4-10,14H,11-12H2,1-3H3,(H2,23,24,28). The molecule has 1 atom stereocenters. The summed E-state index contributed by atoms with van der Waals surface area (Å²) in [6.07, 6.45) is -0.315. The molecule has 156 valence electrons. The average Bonchev–Trinajstić information content (AvgIpc) is 2.96. The number of fused-ring (bicyclic) bond motifs is 2. The summed E-state index contributed by atoms with van der Waals surface area (Å²) in [7, 11) is 0. The Morgan fingerprint density at radius 3 is 2.50 bits per heavy atom. The molecule has 8 heteroatoms. The van der Waals surface area contributed by atoms with Crippen LogP contribution in [0.25, 0.3) is 0 Å². The molecule has 2 heterocycles. The second-order valence-corrected chi connectivity index (χ2v) is 8.21. The van der Waals surface area contributed by atoms with Crippen molar-refractivity contribution in [2.24, 2.45) is 0 Å². The summed E-state index contributed by atoms with van der Waals surface area (Å²) in [6, 6.07) is 11.6. The van der Waals surface area contributed by atoms with E-state index in [-0.39, 0.29) is 30.0 Å². The van der Waals surface area contributed by atoms with Crippen LogP contribution in [-0.4, -0.2) is 47.5 Å². The van der Waals surface area contributed by atoms with Crippen molar-refractivity contribution in [3.05, 3.63) is 53.6 Å². The van der Waals surface area contributed by atoms with Crippen molar-refractivity contribution in [1.29, 1.82) is 0 Å². The van der Waals surface area contributed by atoms with E-state index in [2.05, 4.69) is 10.6 Å². The lowest BCUT2D eigenvalue weighted by Crippen LogP contribution is -2.45. The summed E-state index contributed by atoms with van der Waals surface area (Å²) in [5.41, 5.74) is 0.425. The van der Waals surface area contributed by atoms with Crippen LogP contribution in [0.15, 0.2) is 42.5 Å². The van der Waals surface area contributed by atoms with Gasteiger partial charge in [-0.25, -0.2) is 4.79 Å². The number of nitrogens with zero attached hydrogens (tertiary/aromatic N) is 1. The number of benzene rings is 2. The van der Waals surface area contributed by atoms with Crippen LogP contribution in [0.5, 0.6) is 11.5 Å². The molecule has 2 aromatic rings. The summed E-state index contributed by atoms with van der Waals surface area (Å²) in [4.78, 5) is 38.7. The third-order valence-corrected chi connectivity index (χ3v) is 4.87. The van der Waals surface area contributed by atoms with Gasteiger partial charge in [-0.2, -0.15) is 0 Å². The molecular weight excluding hydrogens is 386 g/mol. The minimum Gasteiger partial charge on any atom is -0.486 e. The topological polar surface area (TPSA) is 97.0 Å². The Balaban J connectivity index is 1.37. The van der Waals surface area contributed by atoms with Crippen molar-refractivity contribution >= 4 is 23.5 Å². The third-order valence-electron chi connectivity index (χ3n) is 4.87. The molecule has 0 spiro atoms. The van der Waals surface area contributed by atoms with E-state index in [1.54, 1.807) is 32.9 Å². The van der Waals surface area contributed by atoms with E-state index < -0.39 is 11.6 Å². The highest BCUT2D eigenvalue weighted by Crippen LogP contribution is 2.32. The molecule has 2 aliphatic heterocycles. The fourth-order valence-electron chi connectivity index (χ4n) is 3.47. The lowest BCUT2D eigenvalue weighted by atomic mass is 10.1. The van der Waals surface area contributed by atoms with Crippen LogP contribution in [0.3, 0.4) is 0 Å². The van der Waals surface area contributed by atoms with Crippen LogP contribution >= 0.6 is 0 Å². The van der Waals surface area contributed by atoms with Crippen molar-refractivity contribution < 1.29 is 23.9 Å². The maximum absolute atomic E-state index is 12.7. The summed E-state index contributed by atoms with van der Waals surface area (Å²) in [5.74, 6) is 0.632. The van der Waals surface area contributed by atoms with Gasteiger partial charge >= 0.3 is 6.03 Å². The van der Waals surface area contributed by atoms with Gasteiger partial charge in [0.25, 0.3) is 11.8 Å². The highest BCUT2D eigenvalue weighted by atomic mass is 16.6. The van der Waals surface area contributed by atoms with Crippen molar-refractivity contribution in [3.8, 4) is 11.5 Å². The summed E-state index contributed by atoms with van der Waals surface area (Å²) in [6.45, 7) is 5.99. The van der Waals surface area contributed by atoms with E-state index in [4.69, 9.17) is 9.47 Å². The largest absolute Gasteiger partial charge is 0.486 e. The quantitative estimate of drug-likeness (QED) is 0.760. The predicted molar refractivity (Wildman–Crippen MR) is 110 cm³/mol. The van der Waals surface area contributed by atoms with Gasteiger partial charge in [0.05, 0.1) is 17.7 Å². The maximum Gasteiger partial charge on any atom is 0.319 e. The van der Waals surface area contributed by atoms with Gasteiger partial charge in [0.15, 0.2) is 17.6 Å². The number of carbonyl (C=O) groups excluding carboxylic acids is 3. The normalized spacial score (nSPS) is 17.6. The lowest BCUT2D eigenvalue weighted by Gasteiger charge is -2.29. The van der Waals surface area contributed by atoms with Crippen LogP contribution in [-0.2, 0) is 0 Å². The van der Waals surface area contributed by atoms with E-state index in [1.165, 1.54) is 11.0 Å². The lowest BCUT2D eigenvalue weighted by molar-refractivity contribution is 0.0507. The minimum absolute atomic E-state index is 0.250. The van der Waals surface area contributed by atoms with Gasteiger partial charge in [-0.1, -0.05) is 12.1 Å². The SMILES string of the molecule is CC(C)(C)N1C(=O)c2ccc(NC(=O)NCC3COc4ccccc4O3)cc2C1=O. The number of rotatable bonds is 3. The number of urea groups is 1. The first-order valence-electron chi connectivity index (χ1n) is 9.70. The number of para-hydroxylation sites is 2. The van der Waals surface area contributed by atoms with Gasteiger partial charge in [-0.15, -0.1) is 0 Å².